The standard InChI is InChI=1S/C17H19NO2/c1-12(13-5-3-2-4-6-13)17(18)14-7-8-15-16(11-14)20-10-9-19-15/h2-8,11-12,17H,9-10,18H2,1H3. The third-order valence-corrected chi connectivity index (χ3v) is 3.82. The molecule has 0 saturated heterocycles. The average Bonchev–Trinajstić information content (AvgIpc) is 2.54. The molecule has 0 bridgehead atoms. The quantitative estimate of drug-likeness (QED) is 0.930. The second-order valence-electron chi connectivity index (χ2n) is 5.13. The van der Waals surface area contributed by atoms with Crippen LogP contribution in [0.2, 0.25) is 0 Å². The summed E-state index contributed by atoms with van der Waals surface area (Å²) in [6.45, 7) is 3.36. The van der Waals surface area contributed by atoms with Gasteiger partial charge < -0.3 is 15.2 Å². The third kappa shape index (κ3) is 2.49. The molecule has 20 heavy (non-hydrogen) atoms. The molecule has 3 heteroatoms. The molecule has 3 rings (SSSR count). The van der Waals surface area contributed by atoms with Crippen LogP contribution in [0.4, 0.5) is 0 Å². The van der Waals surface area contributed by atoms with Crippen molar-refractivity contribution in [3.8, 4) is 11.5 Å². The van der Waals surface area contributed by atoms with Crippen molar-refractivity contribution in [1.82, 2.24) is 0 Å². The SMILES string of the molecule is CC(c1ccccc1)C(N)c1ccc2c(c1)OCCO2. The molecule has 1 aliphatic rings. The van der Waals surface area contributed by atoms with Gasteiger partial charge in [-0.1, -0.05) is 43.3 Å². The minimum Gasteiger partial charge on any atom is -0.486 e. The van der Waals surface area contributed by atoms with Gasteiger partial charge in [-0.25, -0.2) is 0 Å². The number of ether oxygens (including phenoxy) is 2. The Hall–Kier alpha value is -2.00. The Kier molecular flexibility index (Phi) is 3.61. The molecular formula is C17H19NO2. The lowest BCUT2D eigenvalue weighted by molar-refractivity contribution is 0.171. The molecule has 0 radical (unpaired) electrons. The van der Waals surface area contributed by atoms with Gasteiger partial charge in [0.25, 0.3) is 0 Å². The largest absolute Gasteiger partial charge is 0.486 e. The molecule has 2 aromatic carbocycles. The van der Waals surface area contributed by atoms with E-state index in [0.29, 0.717) is 13.2 Å². The maximum atomic E-state index is 6.41. The number of rotatable bonds is 3. The molecule has 0 aromatic heterocycles. The highest BCUT2D eigenvalue weighted by molar-refractivity contribution is 5.45. The molecule has 0 spiro atoms. The summed E-state index contributed by atoms with van der Waals surface area (Å²) in [6, 6.07) is 16.2. The Balaban J connectivity index is 1.85. The molecule has 2 aromatic rings. The Bertz CT molecular complexity index is 583. The van der Waals surface area contributed by atoms with Gasteiger partial charge in [-0.15, -0.1) is 0 Å². The topological polar surface area (TPSA) is 44.5 Å². The molecule has 0 saturated carbocycles. The summed E-state index contributed by atoms with van der Waals surface area (Å²) in [4.78, 5) is 0. The first-order chi connectivity index (χ1) is 9.75. The van der Waals surface area contributed by atoms with Gasteiger partial charge in [0, 0.05) is 12.0 Å². The molecule has 0 amide bonds. The number of benzene rings is 2. The van der Waals surface area contributed by atoms with Gasteiger partial charge in [0.05, 0.1) is 0 Å². The summed E-state index contributed by atoms with van der Waals surface area (Å²) in [7, 11) is 0. The van der Waals surface area contributed by atoms with E-state index >= 15 is 0 Å². The van der Waals surface area contributed by atoms with Crippen LogP contribution in [0.5, 0.6) is 11.5 Å². The van der Waals surface area contributed by atoms with Gasteiger partial charge in [0.2, 0.25) is 0 Å². The van der Waals surface area contributed by atoms with Crippen molar-refractivity contribution in [2.24, 2.45) is 5.73 Å². The fourth-order valence-electron chi connectivity index (χ4n) is 2.52. The summed E-state index contributed by atoms with van der Waals surface area (Å²) in [6.07, 6.45) is 0. The van der Waals surface area contributed by atoms with E-state index in [2.05, 4.69) is 19.1 Å². The second-order valence-corrected chi connectivity index (χ2v) is 5.13. The molecule has 1 heterocycles. The summed E-state index contributed by atoms with van der Waals surface area (Å²) in [5, 5.41) is 0. The normalized spacial score (nSPS) is 16.5. The lowest BCUT2D eigenvalue weighted by atomic mass is 9.89. The number of hydrogen-bond donors (Lipinski definition) is 1. The summed E-state index contributed by atoms with van der Waals surface area (Å²) < 4.78 is 11.2. The van der Waals surface area contributed by atoms with Crippen molar-refractivity contribution in [2.75, 3.05) is 13.2 Å². The minimum absolute atomic E-state index is 0.0618. The maximum Gasteiger partial charge on any atom is 0.161 e. The predicted octanol–water partition coefficient (Wildman–Crippen LogP) is 3.26. The van der Waals surface area contributed by atoms with E-state index in [9.17, 15) is 0 Å². The molecule has 2 unspecified atom stereocenters. The predicted molar refractivity (Wildman–Crippen MR) is 79.2 cm³/mol. The van der Waals surface area contributed by atoms with Crippen molar-refractivity contribution in [1.29, 1.82) is 0 Å². The number of fused-ring (bicyclic) bond motifs is 1. The van der Waals surface area contributed by atoms with Crippen LogP contribution in [0.3, 0.4) is 0 Å². The molecule has 0 aliphatic carbocycles. The Labute approximate surface area is 119 Å². The van der Waals surface area contributed by atoms with E-state index in [0.717, 1.165) is 17.1 Å². The van der Waals surface area contributed by atoms with Crippen molar-refractivity contribution in [3.05, 3.63) is 59.7 Å². The molecular weight excluding hydrogens is 250 g/mol. The van der Waals surface area contributed by atoms with E-state index in [4.69, 9.17) is 15.2 Å². The Morgan fingerprint density at radius 1 is 0.900 bits per heavy atom. The van der Waals surface area contributed by atoms with Crippen LogP contribution >= 0.6 is 0 Å². The fourth-order valence-corrected chi connectivity index (χ4v) is 2.52. The molecule has 2 atom stereocenters. The van der Waals surface area contributed by atoms with Gasteiger partial charge >= 0.3 is 0 Å². The lowest BCUT2D eigenvalue weighted by Gasteiger charge is -2.24. The van der Waals surface area contributed by atoms with Gasteiger partial charge in [0.15, 0.2) is 11.5 Å². The zero-order valence-electron chi connectivity index (χ0n) is 11.6. The highest BCUT2D eigenvalue weighted by atomic mass is 16.6. The van der Waals surface area contributed by atoms with Crippen LogP contribution in [0, 0.1) is 0 Å². The van der Waals surface area contributed by atoms with Gasteiger partial charge in [-0.3, -0.25) is 0 Å². The summed E-state index contributed by atoms with van der Waals surface area (Å²) in [5.41, 5.74) is 8.73. The Morgan fingerprint density at radius 2 is 1.60 bits per heavy atom. The van der Waals surface area contributed by atoms with Crippen molar-refractivity contribution < 1.29 is 9.47 Å². The van der Waals surface area contributed by atoms with Crippen LogP contribution in [0.1, 0.15) is 30.0 Å². The van der Waals surface area contributed by atoms with Crippen LogP contribution in [-0.2, 0) is 0 Å². The molecule has 0 fully saturated rings. The monoisotopic (exact) mass is 269 g/mol. The summed E-state index contributed by atoms with van der Waals surface area (Å²) >= 11 is 0. The zero-order chi connectivity index (χ0) is 13.9. The van der Waals surface area contributed by atoms with E-state index in [-0.39, 0.29) is 12.0 Å². The number of hydrogen-bond acceptors (Lipinski definition) is 3. The Morgan fingerprint density at radius 3 is 2.35 bits per heavy atom. The first kappa shape index (κ1) is 13.0. The third-order valence-electron chi connectivity index (χ3n) is 3.82. The van der Waals surface area contributed by atoms with Crippen LogP contribution in [-0.4, -0.2) is 13.2 Å². The van der Waals surface area contributed by atoms with Crippen molar-refractivity contribution in [2.45, 2.75) is 18.9 Å². The molecule has 2 N–H and O–H groups in total. The van der Waals surface area contributed by atoms with Crippen molar-refractivity contribution >= 4 is 0 Å². The van der Waals surface area contributed by atoms with Crippen LogP contribution < -0.4 is 15.2 Å². The van der Waals surface area contributed by atoms with Gasteiger partial charge in [-0.2, -0.15) is 0 Å². The van der Waals surface area contributed by atoms with E-state index in [1.54, 1.807) is 0 Å². The first-order valence-corrected chi connectivity index (χ1v) is 6.96. The van der Waals surface area contributed by atoms with Crippen molar-refractivity contribution in [3.63, 3.8) is 0 Å². The molecule has 3 nitrogen and oxygen atoms in total. The van der Waals surface area contributed by atoms with Gasteiger partial charge in [0.1, 0.15) is 13.2 Å². The highest BCUT2D eigenvalue weighted by Gasteiger charge is 2.19. The van der Waals surface area contributed by atoms with E-state index < -0.39 is 0 Å². The molecule has 104 valence electrons. The van der Waals surface area contributed by atoms with Crippen LogP contribution in [0.25, 0.3) is 0 Å². The minimum atomic E-state index is -0.0618. The second kappa shape index (κ2) is 5.55. The smallest absolute Gasteiger partial charge is 0.161 e. The molecule has 1 aliphatic heterocycles. The maximum absolute atomic E-state index is 6.41. The number of nitrogens with two attached hydrogens (primary N) is 1. The van der Waals surface area contributed by atoms with Gasteiger partial charge in [-0.05, 0) is 23.3 Å². The highest BCUT2D eigenvalue weighted by Crippen LogP contribution is 2.35. The zero-order valence-corrected chi connectivity index (χ0v) is 11.6. The van der Waals surface area contributed by atoms with E-state index in [1.807, 2.05) is 36.4 Å². The van der Waals surface area contributed by atoms with Crippen LogP contribution in [0.15, 0.2) is 48.5 Å². The first-order valence-electron chi connectivity index (χ1n) is 6.96. The lowest BCUT2D eigenvalue weighted by Crippen LogP contribution is -2.19. The fraction of sp³-hybridized carbons (Fsp3) is 0.294. The van der Waals surface area contributed by atoms with E-state index in [1.165, 1.54) is 5.56 Å². The summed E-state index contributed by atoms with van der Waals surface area (Å²) in [5.74, 6) is 1.85. The average molecular weight is 269 g/mol.